The average Bonchev–Trinajstić information content (AvgIpc) is 3.44. The van der Waals surface area contributed by atoms with E-state index in [-0.39, 0.29) is 24.6 Å². The molecule has 31 heavy (non-hydrogen) atoms. The summed E-state index contributed by atoms with van der Waals surface area (Å²) in [5, 5.41) is 12.1. The highest BCUT2D eigenvalue weighted by Gasteiger charge is 2.33. The molecule has 1 aromatic heterocycles. The van der Waals surface area contributed by atoms with Gasteiger partial charge in [0.2, 0.25) is 5.91 Å². The number of benzene rings is 1. The van der Waals surface area contributed by atoms with Crippen LogP contribution in [-0.2, 0) is 16.0 Å². The third kappa shape index (κ3) is 5.86. The van der Waals surface area contributed by atoms with Crippen LogP contribution in [0.5, 0.6) is 5.75 Å². The van der Waals surface area contributed by atoms with E-state index in [2.05, 4.69) is 11.4 Å². The van der Waals surface area contributed by atoms with Gasteiger partial charge in [0, 0.05) is 31.1 Å². The van der Waals surface area contributed by atoms with Crippen LogP contribution in [0, 0.1) is 0 Å². The molecule has 7 heteroatoms. The van der Waals surface area contributed by atoms with Crippen molar-refractivity contribution < 1.29 is 19.4 Å². The fraction of sp³-hybridized carbons (Fsp3) is 0.542. The Bertz CT molecular complexity index is 835. The highest BCUT2D eigenvalue weighted by atomic mass is 32.1. The van der Waals surface area contributed by atoms with E-state index in [4.69, 9.17) is 9.47 Å². The van der Waals surface area contributed by atoms with Gasteiger partial charge in [-0.15, -0.1) is 11.3 Å². The number of hydrogen-bond donors (Lipinski definition) is 1. The fourth-order valence-electron chi connectivity index (χ4n) is 4.50. The van der Waals surface area contributed by atoms with Crippen LogP contribution in [0.25, 0.3) is 0 Å². The lowest BCUT2D eigenvalue weighted by atomic mass is 10.0. The summed E-state index contributed by atoms with van der Waals surface area (Å²) in [5.74, 6) is 0.892. The Hall–Kier alpha value is -1.93. The van der Waals surface area contributed by atoms with Crippen LogP contribution in [0.2, 0.25) is 0 Å². The molecule has 0 saturated carbocycles. The number of para-hydroxylation sites is 1. The van der Waals surface area contributed by atoms with Gasteiger partial charge in [0.1, 0.15) is 12.4 Å². The quantitative estimate of drug-likeness (QED) is 0.644. The first kappa shape index (κ1) is 22.3. The third-order valence-corrected chi connectivity index (χ3v) is 6.93. The van der Waals surface area contributed by atoms with Crippen molar-refractivity contribution in [2.24, 2.45) is 0 Å². The van der Waals surface area contributed by atoms with Crippen molar-refractivity contribution in [2.75, 3.05) is 39.4 Å². The minimum absolute atomic E-state index is 0.0807. The Morgan fingerprint density at radius 2 is 2.19 bits per heavy atom. The van der Waals surface area contributed by atoms with E-state index in [0.717, 1.165) is 31.6 Å². The van der Waals surface area contributed by atoms with E-state index < -0.39 is 6.10 Å². The second-order valence-electron chi connectivity index (χ2n) is 8.45. The van der Waals surface area contributed by atoms with Gasteiger partial charge >= 0.3 is 0 Å². The van der Waals surface area contributed by atoms with Gasteiger partial charge < -0.3 is 19.5 Å². The Morgan fingerprint density at radius 3 is 2.94 bits per heavy atom. The number of ether oxygens (including phenoxy) is 2. The molecule has 0 bridgehead atoms. The molecule has 2 aliphatic heterocycles. The molecule has 1 amide bonds. The molecular formula is C24H32N2O4S. The number of thiophene rings is 1. The van der Waals surface area contributed by atoms with E-state index in [1.807, 2.05) is 40.1 Å². The molecule has 2 aliphatic rings. The summed E-state index contributed by atoms with van der Waals surface area (Å²) in [5.41, 5.74) is 1.20. The molecule has 3 atom stereocenters. The Labute approximate surface area is 188 Å². The molecule has 6 nitrogen and oxygen atoms in total. The van der Waals surface area contributed by atoms with Crippen molar-refractivity contribution in [2.45, 2.75) is 44.4 Å². The normalized spacial score (nSPS) is 21.8. The summed E-state index contributed by atoms with van der Waals surface area (Å²) < 4.78 is 11.8. The lowest BCUT2D eigenvalue weighted by molar-refractivity contribution is -0.136. The fourth-order valence-corrected chi connectivity index (χ4v) is 5.43. The van der Waals surface area contributed by atoms with Crippen molar-refractivity contribution in [3.63, 3.8) is 0 Å². The minimum Gasteiger partial charge on any atom is -0.491 e. The summed E-state index contributed by atoms with van der Waals surface area (Å²) in [4.78, 5) is 18.8. The van der Waals surface area contributed by atoms with Gasteiger partial charge in [0.15, 0.2) is 0 Å². The Balaban J connectivity index is 1.45. The van der Waals surface area contributed by atoms with Crippen LogP contribution >= 0.6 is 11.3 Å². The first-order chi connectivity index (χ1) is 15.1. The summed E-state index contributed by atoms with van der Waals surface area (Å²) in [6.45, 7) is 5.11. The minimum atomic E-state index is -0.490. The second-order valence-corrected chi connectivity index (χ2v) is 9.45. The number of hydrogen-bond acceptors (Lipinski definition) is 6. The first-order valence-electron chi connectivity index (χ1n) is 11.2. The van der Waals surface area contributed by atoms with Gasteiger partial charge in [0.05, 0.1) is 24.8 Å². The SMILES string of the molecule is C[C@H](O)CN(CC(=O)N1CCc2sccc2[C@H]1COc1ccccc1)C[C@@H]1CCCO1. The average molecular weight is 445 g/mol. The number of rotatable bonds is 9. The number of carbonyl (C=O) groups excluding carboxylic acids is 1. The molecule has 4 rings (SSSR count). The number of aliphatic hydroxyl groups is 1. The molecule has 0 aliphatic carbocycles. The summed E-state index contributed by atoms with van der Waals surface area (Å²) in [6, 6.07) is 11.8. The topological polar surface area (TPSA) is 62.2 Å². The van der Waals surface area contributed by atoms with Crippen LogP contribution in [0.15, 0.2) is 41.8 Å². The Kier molecular flexibility index (Phi) is 7.61. The monoisotopic (exact) mass is 444 g/mol. The van der Waals surface area contributed by atoms with Crippen molar-refractivity contribution in [3.8, 4) is 5.75 Å². The molecule has 0 unspecified atom stereocenters. The van der Waals surface area contributed by atoms with Crippen molar-refractivity contribution in [1.29, 1.82) is 0 Å². The summed E-state index contributed by atoms with van der Waals surface area (Å²) in [6.07, 6.45) is 2.61. The van der Waals surface area contributed by atoms with Gasteiger partial charge in [-0.3, -0.25) is 9.69 Å². The number of amides is 1. The second kappa shape index (κ2) is 10.6. The lowest BCUT2D eigenvalue weighted by Gasteiger charge is -2.37. The van der Waals surface area contributed by atoms with Crippen molar-refractivity contribution in [3.05, 3.63) is 52.2 Å². The molecule has 168 valence electrons. The number of aliphatic hydroxyl groups excluding tert-OH is 1. The Morgan fingerprint density at radius 1 is 1.35 bits per heavy atom. The standard InChI is InChI=1S/C24H32N2O4S/c1-18(27)14-25(15-20-8-5-12-29-20)16-24(28)26-11-9-23-21(10-13-31-23)22(26)17-30-19-6-3-2-4-7-19/h2-4,6-7,10,13,18,20,22,27H,5,8-9,11-12,14-17H2,1H3/t18-,20-,22+/m0/s1. The smallest absolute Gasteiger partial charge is 0.237 e. The molecule has 3 heterocycles. The highest BCUT2D eigenvalue weighted by molar-refractivity contribution is 7.10. The van der Waals surface area contributed by atoms with Gasteiger partial charge in [-0.1, -0.05) is 18.2 Å². The molecular weight excluding hydrogens is 412 g/mol. The molecule has 2 aromatic rings. The molecule has 1 N–H and O–H groups in total. The predicted octanol–water partition coefficient (Wildman–Crippen LogP) is 3.11. The van der Waals surface area contributed by atoms with Crippen molar-refractivity contribution >= 4 is 17.2 Å². The summed E-state index contributed by atoms with van der Waals surface area (Å²) in [7, 11) is 0. The zero-order valence-corrected chi connectivity index (χ0v) is 18.9. The van der Waals surface area contributed by atoms with Crippen LogP contribution in [-0.4, -0.2) is 72.4 Å². The molecule has 1 fully saturated rings. The van der Waals surface area contributed by atoms with Crippen LogP contribution in [0.3, 0.4) is 0 Å². The van der Waals surface area contributed by atoms with Gasteiger partial charge in [-0.05, 0) is 55.3 Å². The maximum absolute atomic E-state index is 13.4. The third-order valence-electron chi connectivity index (χ3n) is 5.93. The maximum Gasteiger partial charge on any atom is 0.237 e. The number of nitrogens with zero attached hydrogens (tertiary/aromatic N) is 2. The van der Waals surface area contributed by atoms with E-state index in [1.165, 1.54) is 10.4 Å². The van der Waals surface area contributed by atoms with Crippen LogP contribution in [0.1, 0.15) is 36.2 Å². The lowest BCUT2D eigenvalue weighted by Crippen LogP contribution is -2.48. The van der Waals surface area contributed by atoms with E-state index in [9.17, 15) is 9.90 Å². The highest BCUT2D eigenvalue weighted by Crippen LogP contribution is 2.34. The van der Waals surface area contributed by atoms with Gasteiger partial charge in [-0.2, -0.15) is 0 Å². The number of carbonyl (C=O) groups is 1. The largest absolute Gasteiger partial charge is 0.491 e. The number of fused-ring (bicyclic) bond motifs is 1. The molecule has 0 spiro atoms. The van der Waals surface area contributed by atoms with E-state index in [0.29, 0.717) is 26.2 Å². The zero-order chi connectivity index (χ0) is 21.6. The molecule has 0 radical (unpaired) electrons. The van der Waals surface area contributed by atoms with Crippen molar-refractivity contribution in [1.82, 2.24) is 9.80 Å². The maximum atomic E-state index is 13.4. The van der Waals surface area contributed by atoms with E-state index in [1.54, 1.807) is 18.3 Å². The first-order valence-corrected chi connectivity index (χ1v) is 12.0. The van der Waals surface area contributed by atoms with Crippen LogP contribution in [0.4, 0.5) is 0 Å². The van der Waals surface area contributed by atoms with Gasteiger partial charge in [0.25, 0.3) is 0 Å². The summed E-state index contributed by atoms with van der Waals surface area (Å²) >= 11 is 1.75. The predicted molar refractivity (Wildman–Crippen MR) is 122 cm³/mol. The molecule has 1 aromatic carbocycles. The van der Waals surface area contributed by atoms with Crippen LogP contribution < -0.4 is 4.74 Å². The van der Waals surface area contributed by atoms with Gasteiger partial charge in [-0.25, -0.2) is 0 Å². The molecule has 1 saturated heterocycles. The van der Waals surface area contributed by atoms with E-state index >= 15 is 0 Å². The zero-order valence-electron chi connectivity index (χ0n) is 18.1.